The molecule has 0 aliphatic heterocycles. The molecule has 14 heavy (non-hydrogen) atoms. The summed E-state index contributed by atoms with van der Waals surface area (Å²) < 4.78 is 6.50. The van der Waals surface area contributed by atoms with Crippen molar-refractivity contribution in [2.45, 2.75) is 25.9 Å². The molecule has 0 radical (unpaired) electrons. The lowest BCUT2D eigenvalue weighted by Crippen LogP contribution is -2.12. The molecule has 0 amide bonds. The van der Waals surface area contributed by atoms with Gasteiger partial charge in [-0.2, -0.15) is 0 Å². The van der Waals surface area contributed by atoms with Crippen molar-refractivity contribution in [2.24, 2.45) is 0 Å². The molecule has 0 fully saturated rings. The van der Waals surface area contributed by atoms with Crippen LogP contribution in [0.4, 0.5) is 0 Å². The van der Waals surface area contributed by atoms with E-state index in [9.17, 15) is 0 Å². The normalized spacial score (nSPS) is 12.5. The molecular formula is C10H14BrNO2. The number of hydrogen-bond acceptors (Lipinski definition) is 3. The SMILES string of the molecule is C[C@@H](CCCO)Oc1cc(Br)ccn1. The highest BCUT2D eigenvalue weighted by Gasteiger charge is 2.04. The summed E-state index contributed by atoms with van der Waals surface area (Å²) in [5.41, 5.74) is 0. The van der Waals surface area contributed by atoms with Crippen LogP contribution in [-0.4, -0.2) is 22.8 Å². The van der Waals surface area contributed by atoms with Crippen LogP contribution in [0.1, 0.15) is 19.8 Å². The van der Waals surface area contributed by atoms with Gasteiger partial charge in [-0.05, 0) is 25.8 Å². The van der Waals surface area contributed by atoms with Gasteiger partial charge in [0, 0.05) is 23.3 Å². The molecular weight excluding hydrogens is 246 g/mol. The molecule has 0 aliphatic rings. The van der Waals surface area contributed by atoms with Crippen LogP contribution in [-0.2, 0) is 0 Å². The number of ether oxygens (including phenoxy) is 1. The lowest BCUT2D eigenvalue weighted by Gasteiger charge is -2.12. The molecule has 1 heterocycles. The minimum atomic E-state index is 0.0870. The van der Waals surface area contributed by atoms with Crippen LogP contribution in [0.25, 0.3) is 0 Å². The van der Waals surface area contributed by atoms with E-state index in [-0.39, 0.29) is 12.7 Å². The Morgan fingerprint density at radius 1 is 1.64 bits per heavy atom. The van der Waals surface area contributed by atoms with Gasteiger partial charge in [-0.3, -0.25) is 0 Å². The van der Waals surface area contributed by atoms with Gasteiger partial charge in [0.15, 0.2) is 0 Å². The highest BCUT2D eigenvalue weighted by molar-refractivity contribution is 9.10. The highest BCUT2D eigenvalue weighted by Crippen LogP contribution is 2.16. The molecule has 1 aromatic heterocycles. The van der Waals surface area contributed by atoms with E-state index in [1.807, 2.05) is 19.1 Å². The summed E-state index contributed by atoms with van der Waals surface area (Å²) in [6.07, 6.45) is 3.38. The van der Waals surface area contributed by atoms with Gasteiger partial charge < -0.3 is 9.84 Å². The van der Waals surface area contributed by atoms with Crippen molar-refractivity contribution < 1.29 is 9.84 Å². The largest absolute Gasteiger partial charge is 0.475 e. The van der Waals surface area contributed by atoms with Gasteiger partial charge in [0.05, 0.1) is 6.10 Å². The second kappa shape index (κ2) is 5.98. The van der Waals surface area contributed by atoms with E-state index in [1.165, 1.54) is 0 Å². The first-order valence-electron chi connectivity index (χ1n) is 4.61. The number of aliphatic hydroxyl groups is 1. The summed E-state index contributed by atoms with van der Waals surface area (Å²) in [7, 11) is 0. The highest BCUT2D eigenvalue weighted by atomic mass is 79.9. The van der Waals surface area contributed by atoms with Crippen molar-refractivity contribution in [2.75, 3.05) is 6.61 Å². The summed E-state index contributed by atoms with van der Waals surface area (Å²) in [5, 5.41) is 8.65. The number of aliphatic hydroxyl groups excluding tert-OH is 1. The Hall–Kier alpha value is -0.610. The van der Waals surface area contributed by atoms with Crippen LogP contribution in [0.5, 0.6) is 5.88 Å². The molecule has 78 valence electrons. The molecule has 1 atom stereocenters. The van der Waals surface area contributed by atoms with E-state index < -0.39 is 0 Å². The van der Waals surface area contributed by atoms with Gasteiger partial charge in [0.2, 0.25) is 5.88 Å². The third kappa shape index (κ3) is 4.07. The van der Waals surface area contributed by atoms with Crippen LogP contribution in [0.15, 0.2) is 22.8 Å². The zero-order chi connectivity index (χ0) is 10.4. The first kappa shape index (κ1) is 11.5. The number of nitrogens with zero attached hydrogens (tertiary/aromatic N) is 1. The van der Waals surface area contributed by atoms with Crippen molar-refractivity contribution in [1.82, 2.24) is 4.98 Å². The standard InChI is InChI=1S/C10H14BrNO2/c1-8(3-2-6-13)14-10-7-9(11)4-5-12-10/h4-5,7-8,13H,2-3,6H2,1H3/t8-/m0/s1. The summed E-state index contributed by atoms with van der Waals surface area (Å²) >= 11 is 3.34. The van der Waals surface area contributed by atoms with Crippen LogP contribution in [0.2, 0.25) is 0 Å². The first-order valence-corrected chi connectivity index (χ1v) is 5.40. The van der Waals surface area contributed by atoms with Crippen molar-refractivity contribution in [3.05, 3.63) is 22.8 Å². The lowest BCUT2D eigenvalue weighted by atomic mass is 10.2. The molecule has 0 saturated heterocycles. The third-order valence-corrected chi connectivity index (χ3v) is 2.28. The molecule has 0 saturated carbocycles. The van der Waals surface area contributed by atoms with Crippen molar-refractivity contribution in [3.63, 3.8) is 0 Å². The molecule has 0 aliphatic carbocycles. The Kier molecular flexibility index (Phi) is 4.90. The Balaban J connectivity index is 2.43. The molecule has 4 heteroatoms. The Morgan fingerprint density at radius 3 is 3.07 bits per heavy atom. The number of halogens is 1. The van der Waals surface area contributed by atoms with Crippen molar-refractivity contribution in [1.29, 1.82) is 0 Å². The lowest BCUT2D eigenvalue weighted by molar-refractivity contribution is 0.182. The number of aromatic nitrogens is 1. The number of hydrogen-bond donors (Lipinski definition) is 1. The van der Waals surface area contributed by atoms with Gasteiger partial charge in [-0.25, -0.2) is 4.98 Å². The van der Waals surface area contributed by atoms with E-state index in [0.717, 1.165) is 17.3 Å². The second-order valence-electron chi connectivity index (χ2n) is 3.11. The Labute approximate surface area is 92.3 Å². The Morgan fingerprint density at radius 2 is 2.43 bits per heavy atom. The zero-order valence-electron chi connectivity index (χ0n) is 8.11. The molecule has 3 nitrogen and oxygen atoms in total. The second-order valence-corrected chi connectivity index (χ2v) is 4.02. The summed E-state index contributed by atoms with van der Waals surface area (Å²) in [6, 6.07) is 3.68. The minimum absolute atomic E-state index is 0.0870. The third-order valence-electron chi connectivity index (χ3n) is 1.79. The van der Waals surface area contributed by atoms with Gasteiger partial charge in [-0.1, -0.05) is 15.9 Å². The van der Waals surface area contributed by atoms with Crippen LogP contribution in [0.3, 0.4) is 0 Å². The fraction of sp³-hybridized carbons (Fsp3) is 0.500. The molecule has 1 rings (SSSR count). The Bertz CT molecular complexity index is 281. The number of pyridine rings is 1. The maximum absolute atomic E-state index is 8.65. The quantitative estimate of drug-likeness (QED) is 0.883. The van der Waals surface area contributed by atoms with Crippen LogP contribution < -0.4 is 4.74 Å². The predicted molar refractivity (Wildman–Crippen MR) is 58.3 cm³/mol. The maximum Gasteiger partial charge on any atom is 0.214 e. The van der Waals surface area contributed by atoms with E-state index in [1.54, 1.807) is 6.20 Å². The first-order chi connectivity index (χ1) is 6.72. The van der Waals surface area contributed by atoms with E-state index in [4.69, 9.17) is 9.84 Å². The van der Waals surface area contributed by atoms with E-state index in [0.29, 0.717) is 5.88 Å². The van der Waals surface area contributed by atoms with Gasteiger partial charge in [-0.15, -0.1) is 0 Å². The molecule has 0 aromatic carbocycles. The van der Waals surface area contributed by atoms with Gasteiger partial charge >= 0.3 is 0 Å². The molecule has 0 spiro atoms. The fourth-order valence-corrected chi connectivity index (χ4v) is 1.41. The average Bonchev–Trinajstić information content (AvgIpc) is 2.15. The molecule has 0 bridgehead atoms. The van der Waals surface area contributed by atoms with Crippen LogP contribution in [0, 0.1) is 0 Å². The summed E-state index contributed by atoms with van der Waals surface area (Å²) in [4.78, 5) is 4.07. The topological polar surface area (TPSA) is 42.4 Å². The van der Waals surface area contributed by atoms with Crippen molar-refractivity contribution >= 4 is 15.9 Å². The number of rotatable bonds is 5. The zero-order valence-corrected chi connectivity index (χ0v) is 9.70. The molecule has 0 unspecified atom stereocenters. The molecule has 1 aromatic rings. The predicted octanol–water partition coefficient (Wildman–Crippen LogP) is 2.38. The fourth-order valence-electron chi connectivity index (χ4n) is 1.09. The van der Waals surface area contributed by atoms with E-state index in [2.05, 4.69) is 20.9 Å². The smallest absolute Gasteiger partial charge is 0.214 e. The maximum atomic E-state index is 8.65. The van der Waals surface area contributed by atoms with Gasteiger partial charge in [0.25, 0.3) is 0 Å². The van der Waals surface area contributed by atoms with Gasteiger partial charge in [0.1, 0.15) is 0 Å². The minimum Gasteiger partial charge on any atom is -0.475 e. The van der Waals surface area contributed by atoms with Crippen LogP contribution >= 0.6 is 15.9 Å². The van der Waals surface area contributed by atoms with E-state index >= 15 is 0 Å². The summed E-state index contributed by atoms with van der Waals surface area (Å²) in [5.74, 6) is 0.616. The average molecular weight is 260 g/mol. The van der Waals surface area contributed by atoms with Crippen molar-refractivity contribution in [3.8, 4) is 5.88 Å². The summed E-state index contributed by atoms with van der Waals surface area (Å²) in [6.45, 7) is 2.18. The molecule has 1 N–H and O–H groups in total. The monoisotopic (exact) mass is 259 g/mol.